The number of guanidine groups is 1. The standard InChI is InChI=1S/C24H33N3O4/c1-25-23(27-17-24(10-12-28)11-13-30-18-24)26-15-20-8-9-21(22(14-20)29-2)31-16-19-6-4-3-5-7-19/h3-9,14,28H,10-13,15-18H2,1-2H3,(H2,25,26,27). The van der Waals surface area contributed by atoms with Crippen LogP contribution in [0.2, 0.25) is 0 Å². The number of hydrogen-bond acceptors (Lipinski definition) is 5. The van der Waals surface area contributed by atoms with Crippen molar-refractivity contribution < 1.29 is 19.3 Å². The van der Waals surface area contributed by atoms with Gasteiger partial charge in [0.1, 0.15) is 6.61 Å². The predicted molar refractivity (Wildman–Crippen MR) is 122 cm³/mol. The predicted octanol–water partition coefficient (Wildman–Crippen LogP) is 2.73. The highest BCUT2D eigenvalue weighted by Crippen LogP contribution is 2.31. The van der Waals surface area contributed by atoms with Crippen LogP contribution in [0.5, 0.6) is 11.5 Å². The highest BCUT2D eigenvalue weighted by molar-refractivity contribution is 5.79. The Kier molecular flexibility index (Phi) is 8.55. The zero-order valence-corrected chi connectivity index (χ0v) is 18.4. The van der Waals surface area contributed by atoms with E-state index < -0.39 is 0 Å². The fourth-order valence-electron chi connectivity index (χ4n) is 3.67. The van der Waals surface area contributed by atoms with Crippen molar-refractivity contribution in [1.82, 2.24) is 10.6 Å². The Balaban J connectivity index is 1.53. The summed E-state index contributed by atoms with van der Waals surface area (Å²) < 4.78 is 17.0. The molecule has 0 radical (unpaired) electrons. The van der Waals surface area contributed by atoms with Gasteiger partial charge >= 0.3 is 0 Å². The van der Waals surface area contributed by atoms with Crippen molar-refractivity contribution >= 4 is 5.96 Å². The topological polar surface area (TPSA) is 84.3 Å². The lowest BCUT2D eigenvalue weighted by molar-refractivity contribution is 0.127. The molecule has 31 heavy (non-hydrogen) atoms. The third-order valence-corrected chi connectivity index (χ3v) is 5.61. The molecule has 1 saturated heterocycles. The fourth-order valence-corrected chi connectivity index (χ4v) is 3.67. The van der Waals surface area contributed by atoms with E-state index in [4.69, 9.17) is 14.2 Å². The molecule has 0 saturated carbocycles. The molecule has 0 amide bonds. The van der Waals surface area contributed by atoms with Crippen LogP contribution in [0, 0.1) is 5.41 Å². The van der Waals surface area contributed by atoms with Gasteiger partial charge in [-0.25, -0.2) is 0 Å². The van der Waals surface area contributed by atoms with E-state index in [0.717, 1.165) is 30.6 Å². The van der Waals surface area contributed by atoms with Crippen LogP contribution in [-0.2, 0) is 17.9 Å². The smallest absolute Gasteiger partial charge is 0.191 e. The van der Waals surface area contributed by atoms with E-state index in [2.05, 4.69) is 15.6 Å². The first kappa shape index (κ1) is 22.9. The van der Waals surface area contributed by atoms with E-state index in [1.807, 2.05) is 48.5 Å². The molecular weight excluding hydrogens is 394 g/mol. The summed E-state index contributed by atoms with van der Waals surface area (Å²) in [6.45, 7) is 3.37. The first-order chi connectivity index (χ1) is 15.2. The molecule has 168 valence electrons. The summed E-state index contributed by atoms with van der Waals surface area (Å²) in [6.07, 6.45) is 1.66. The van der Waals surface area contributed by atoms with Gasteiger partial charge in [-0.05, 0) is 36.1 Å². The Morgan fingerprint density at radius 2 is 1.97 bits per heavy atom. The average molecular weight is 428 g/mol. The third-order valence-electron chi connectivity index (χ3n) is 5.61. The van der Waals surface area contributed by atoms with Gasteiger partial charge in [-0.15, -0.1) is 0 Å². The van der Waals surface area contributed by atoms with E-state index in [0.29, 0.717) is 43.8 Å². The van der Waals surface area contributed by atoms with Crippen LogP contribution in [0.4, 0.5) is 0 Å². The van der Waals surface area contributed by atoms with Gasteiger partial charge in [-0.2, -0.15) is 0 Å². The number of nitrogens with zero attached hydrogens (tertiary/aromatic N) is 1. The Hall–Kier alpha value is -2.77. The van der Waals surface area contributed by atoms with Crippen LogP contribution >= 0.6 is 0 Å². The SMILES string of the molecule is CN=C(NCc1ccc(OCc2ccccc2)c(OC)c1)NCC1(CCO)CCOC1. The Morgan fingerprint density at radius 1 is 1.13 bits per heavy atom. The summed E-state index contributed by atoms with van der Waals surface area (Å²) in [5.41, 5.74) is 2.13. The minimum Gasteiger partial charge on any atom is -0.493 e. The number of nitrogens with one attached hydrogen (secondary N) is 2. The zero-order valence-electron chi connectivity index (χ0n) is 18.4. The minimum atomic E-state index is -0.0344. The summed E-state index contributed by atoms with van der Waals surface area (Å²) in [6, 6.07) is 16.0. The van der Waals surface area contributed by atoms with Crippen molar-refractivity contribution in [2.45, 2.75) is 26.0 Å². The number of ether oxygens (including phenoxy) is 3. The third kappa shape index (κ3) is 6.60. The lowest BCUT2D eigenvalue weighted by Gasteiger charge is -2.27. The van der Waals surface area contributed by atoms with Crippen molar-refractivity contribution in [3.8, 4) is 11.5 Å². The molecule has 1 heterocycles. The average Bonchev–Trinajstić information content (AvgIpc) is 3.27. The van der Waals surface area contributed by atoms with Crippen LogP contribution in [0.15, 0.2) is 53.5 Å². The van der Waals surface area contributed by atoms with Gasteiger partial charge in [-0.1, -0.05) is 36.4 Å². The highest BCUT2D eigenvalue weighted by atomic mass is 16.5. The van der Waals surface area contributed by atoms with Gasteiger partial charge in [0.2, 0.25) is 0 Å². The number of hydrogen-bond donors (Lipinski definition) is 3. The molecular formula is C24H33N3O4. The van der Waals surface area contributed by atoms with Gasteiger partial charge in [-0.3, -0.25) is 4.99 Å². The van der Waals surface area contributed by atoms with Crippen LogP contribution in [0.3, 0.4) is 0 Å². The number of aliphatic hydroxyl groups excluding tert-OH is 1. The second kappa shape index (κ2) is 11.6. The quantitative estimate of drug-likeness (QED) is 0.399. The van der Waals surface area contributed by atoms with Gasteiger partial charge in [0, 0.05) is 38.8 Å². The van der Waals surface area contributed by atoms with Crippen LogP contribution in [0.1, 0.15) is 24.0 Å². The zero-order chi connectivity index (χ0) is 21.9. The molecule has 0 aromatic heterocycles. The lowest BCUT2D eigenvalue weighted by Crippen LogP contribution is -2.44. The molecule has 3 N–H and O–H groups in total. The Labute approximate surface area is 184 Å². The van der Waals surface area contributed by atoms with E-state index in [9.17, 15) is 5.11 Å². The molecule has 1 aliphatic heterocycles. The largest absolute Gasteiger partial charge is 0.493 e. The molecule has 7 nitrogen and oxygen atoms in total. The van der Waals surface area contributed by atoms with E-state index in [1.165, 1.54) is 0 Å². The Bertz CT molecular complexity index is 836. The molecule has 1 unspecified atom stereocenters. The minimum absolute atomic E-state index is 0.0344. The van der Waals surface area contributed by atoms with Gasteiger partial charge < -0.3 is 30.0 Å². The molecule has 1 aliphatic rings. The van der Waals surface area contributed by atoms with Crippen molar-refractivity contribution in [2.75, 3.05) is 40.5 Å². The maximum atomic E-state index is 9.39. The molecule has 1 atom stereocenters. The number of aliphatic imine (C=N–C) groups is 1. The normalized spacial score (nSPS) is 18.6. The molecule has 0 bridgehead atoms. The van der Waals surface area contributed by atoms with Crippen molar-refractivity contribution in [2.24, 2.45) is 10.4 Å². The summed E-state index contributed by atoms with van der Waals surface area (Å²) >= 11 is 0. The maximum absolute atomic E-state index is 9.39. The summed E-state index contributed by atoms with van der Waals surface area (Å²) in [5.74, 6) is 2.13. The first-order valence-corrected chi connectivity index (χ1v) is 10.6. The van der Waals surface area contributed by atoms with Crippen LogP contribution in [-0.4, -0.2) is 51.6 Å². The molecule has 0 spiro atoms. The maximum Gasteiger partial charge on any atom is 0.191 e. The number of aliphatic hydroxyl groups is 1. The van der Waals surface area contributed by atoms with Crippen LogP contribution < -0.4 is 20.1 Å². The van der Waals surface area contributed by atoms with Gasteiger partial charge in [0.15, 0.2) is 17.5 Å². The Morgan fingerprint density at radius 3 is 2.65 bits per heavy atom. The highest BCUT2D eigenvalue weighted by Gasteiger charge is 2.34. The number of benzene rings is 2. The molecule has 2 aromatic carbocycles. The van der Waals surface area contributed by atoms with Gasteiger partial charge in [0.25, 0.3) is 0 Å². The fraction of sp³-hybridized carbons (Fsp3) is 0.458. The molecule has 7 heteroatoms. The lowest BCUT2D eigenvalue weighted by atomic mass is 9.84. The monoisotopic (exact) mass is 427 g/mol. The number of methoxy groups -OCH3 is 1. The van der Waals surface area contributed by atoms with Gasteiger partial charge in [0.05, 0.1) is 13.7 Å². The van der Waals surface area contributed by atoms with Crippen molar-refractivity contribution in [3.63, 3.8) is 0 Å². The second-order valence-electron chi connectivity index (χ2n) is 7.81. The first-order valence-electron chi connectivity index (χ1n) is 10.6. The molecule has 2 aromatic rings. The number of rotatable bonds is 10. The summed E-state index contributed by atoms with van der Waals surface area (Å²) in [4.78, 5) is 4.31. The molecule has 3 rings (SSSR count). The van der Waals surface area contributed by atoms with Crippen molar-refractivity contribution in [1.29, 1.82) is 0 Å². The summed E-state index contributed by atoms with van der Waals surface area (Å²) in [7, 11) is 3.40. The van der Waals surface area contributed by atoms with E-state index in [1.54, 1.807) is 14.2 Å². The molecule has 0 aliphatic carbocycles. The molecule has 1 fully saturated rings. The van der Waals surface area contributed by atoms with E-state index >= 15 is 0 Å². The van der Waals surface area contributed by atoms with Crippen molar-refractivity contribution in [3.05, 3.63) is 59.7 Å². The van der Waals surface area contributed by atoms with Crippen LogP contribution in [0.25, 0.3) is 0 Å². The summed E-state index contributed by atoms with van der Waals surface area (Å²) in [5, 5.41) is 16.1. The van der Waals surface area contributed by atoms with E-state index in [-0.39, 0.29) is 12.0 Å². The second-order valence-corrected chi connectivity index (χ2v) is 7.81.